The van der Waals surface area contributed by atoms with Gasteiger partial charge in [-0.1, -0.05) is 42.0 Å². The lowest BCUT2D eigenvalue weighted by atomic mass is 10.1. The van der Waals surface area contributed by atoms with Crippen molar-refractivity contribution < 1.29 is 13.2 Å². The second-order valence-electron chi connectivity index (χ2n) is 3.12. The second-order valence-corrected chi connectivity index (χ2v) is 3.53. The van der Waals surface area contributed by atoms with Crippen LogP contribution < -0.4 is 0 Å². The molecule has 0 unspecified atom stereocenters. The van der Waals surface area contributed by atoms with Gasteiger partial charge in [0.05, 0.1) is 10.6 Å². The highest BCUT2D eigenvalue weighted by Gasteiger charge is 2.33. The molecule has 0 aliphatic heterocycles. The van der Waals surface area contributed by atoms with E-state index in [4.69, 9.17) is 11.6 Å². The first-order chi connectivity index (χ1) is 7.45. The molecule has 0 aliphatic rings. The number of hydrogen-bond acceptors (Lipinski definition) is 0. The molecule has 0 aliphatic carbocycles. The van der Waals surface area contributed by atoms with E-state index >= 15 is 0 Å². The number of hydrogen-bond donors (Lipinski definition) is 0. The molecule has 0 heterocycles. The minimum atomic E-state index is -4.42. The molecule has 0 fully saturated rings. The first-order valence-electron chi connectivity index (χ1n) is 4.61. The van der Waals surface area contributed by atoms with Gasteiger partial charge in [0.2, 0.25) is 0 Å². The van der Waals surface area contributed by atoms with Crippen molar-refractivity contribution in [3.63, 3.8) is 0 Å². The molecular weight excluding hydrogens is 237 g/mol. The average Bonchev–Trinajstić information content (AvgIpc) is 2.19. The van der Waals surface area contributed by atoms with Crippen LogP contribution in [-0.4, -0.2) is 0 Å². The van der Waals surface area contributed by atoms with Crippen molar-refractivity contribution in [2.45, 2.75) is 13.1 Å². The van der Waals surface area contributed by atoms with Crippen LogP contribution in [-0.2, 0) is 6.18 Å². The fourth-order valence-electron chi connectivity index (χ4n) is 1.14. The van der Waals surface area contributed by atoms with Crippen LogP contribution in [0, 0.1) is 0 Å². The maximum atomic E-state index is 12.5. The fraction of sp³-hybridized carbons (Fsp3) is 0.167. The summed E-state index contributed by atoms with van der Waals surface area (Å²) in [6, 6.07) is 3.82. The zero-order valence-corrected chi connectivity index (χ0v) is 9.31. The van der Waals surface area contributed by atoms with E-state index < -0.39 is 11.7 Å². The lowest BCUT2D eigenvalue weighted by molar-refractivity contribution is -0.137. The number of rotatable bonds is 2. The molecule has 0 aromatic heterocycles. The molecule has 0 atom stereocenters. The Morgan fingerprint density at radius 1 is 1.19 bits per heavy atom. The van der Waals surface area contributed by atoms with Gasteiger partial charge >= 0.3 is 6.18 Å². The lowest BCUT2D eigenvalue weighted by Crippen LogP contribution is -2.05. The maximum Gasteiger partial charge on any atom is 0.417 e. The summed E-state index contributed by atoms with van der Waals surface area (Å²) in [6.07, 6.45) is 2.37. The summed E-state index contributed by atoms with van der Waals surface area (Å²) in [4.78, 5) is 0. The Kier molecular flexibility index (Phi) is 4.19. The predicted molar refractivity (Wildman–Crippen MR) is 60.3 cm³/mol. The van der Waals surface area contributed by atoms with Crippen molar-refractivity contribution in [3.05, 3.63) is 52.6 Å². The van der Waals surface area contributed by atoms with Gasteiger partial charge in [-0.15, -0.1) is 0 Å². The highest BCUT2D eigenvalue weighted by atomic mass is 35.5. The van der Waals surface area contributed by atoms with Gasteiger partial charge in [-0.3, -0.25) is 0 Å². The summed E-state index contributed by atoms with van der Waals surface area (Å²) >= 11 is 5.48. The van der Waals surface area contributed by atoms with Crippen molar-refractivity contribution in [2.24, 2.45) is 0 Å². The van der Waals surface area contributed by atoms with E-state index in [1.807, 2.05) is 6.92 Å². The van der Waals surface area contributed by atoms with E-state index in [0.29, 0.717) is 5.56 Å². The highest BCUT2D eigenvalue weighted by molar-refractivity contribution is 6.31. The summed E-state index contributed by atoms with van der Waals surface area (Å²) in [5.41, 5.74) is -0.341. The van der Waals surface area contributed by atoms with Crippen molar-refractivity contribution in [3.8, 4) is 0 Å². The van der Waals surface area contributed by atoms with Crippen LogP contribution in [0.15, 0.2) is 36.4 Å². The van der Waals surface area contributed by atoms with Crippen LogP contribution in [0.25, 0.3) is 6.08 Å². The minimum Gasteiger partial charge on any atom is -0.166 e. The monoisotopic (exact) mass is 246 g/mol. The molecule has 0 saturated heterocycles. The molecular formula is C12H10ClF3. The summed E-state index contributed by atoms with van der Waals surface area (Å²) in [7, 11) is 0. The zero-order chi connectivity index (χ0) is 12.2. The molecule has 16 heavy (non-hydrogen) atoms. The van der Waals surface area contributed by atoms with Gasteiger partial charge in [0, 0.05) is 0 Å². The predicted octanol–water partition coefficient (Wildman–Crippen LogP) is 4.95. The quantitative estimate of drug-likeness (QED) is 0.648. The first-order valence-corrected chi connectivity index (χ1v) is 4.99. The van der Waals surface area contributed by atoms with E-state index in [0.717, 1.165) is 6.07 Å². The van der Waals surface area contributed by atoms with Crippen LogP contribution in [0.3, 0.4) is 0 Å². The molecule has 1 rings (SSSR count). The topological polar surface area (TPSA) is 0 Å². The summed E-state index contributed by atoms with van der Waals surface area (Å²) < 4.78 is 37.5. The smallest absolute Gasteiger partial charge is 0.166 e. The van der Waals surface area contributed by atoms with Crippen molar-refractivity contribution in [1.29, 1.82) is 0 Å². The van der Waals surface area contributed by atoms with E-state index in [1.165, 1.54) is 12.1 Å². The molecule has 86 valence electrons. The second kappa shape index (κ2) is 5.21. The Hall–Kier alpha value is -1.22. The van der Waals surface area contributed by atoms with Crippen LogP contribution >= 0.6 is 11.6 Å². The molecule has 1 aromatic carbocycles. The number of halogens is 4. The van der Waals surface area contributed by atoms with Gasteiger partial charge in [-0.25, -0.2) is 0 Å². The zero-order valence-electron chi connectivity index (χ0n) is 8.55. The Labute approximate surface area is 97.0 Å². The number of benzene rings is 1. The largest absolute Gasteiger partial charge is 0.417 e. The van der Waals surface area contributed by atoms with E-state index in [2.05, 4.69) is 0 Å². The van der Waals surface area contributed by atoms with Gasteiger partial charge in [0.15, 0.2) is 0 Å². The van der Waals surface area contributed by atoms with Crippen LogP contribution in [0.2, 0.25) is 5.02 Å². The standard InChI is InChI=1S/C12H10ClF3/c1-2-3-4-5-9-6-7-11(13)10(8-9)12(14,15)16/h2-8H,1H3. The van der Waals surface area contributed by atoms with E-state index in [9.17, 15) is 13.2 Å². The Bertz CT molecular complexity index is 417. The van der Waals surface area contributed by atoms with Gasteiger partial charge in [0.1, 0.15) is 0 Å². The van der Waals surface area contributed by atoms with Gasteiger partial charge in [-0.2, -0.15) is 13.2 Å². The van der Waals surface area contributed by atoms with Gasteiger partial charge < -0.3 is 0 Å². The van der Waals surface area contributed by atoms with Crippen molar-refractivity contribution in [1.82, 2.24) is 0 Å². The molecule has 1 aromatic rings. The maximum absolute atomic E-state index is 12.5. The average molecular weight is 247 g/mol. The van der Waals surface area contributed by atoms with Crippen molar-refractivity contribution in [2.75, 3.05) is 0 Å². The third-order valence-electron chi connectivity index (χ3n) is 1.89. The summed E-state index contributed by atoms with van der Waals surface area (Å²) in [6.45, 7) is 1.83. The lowest BCUT2D eigenvalue weighted by Gasteiger charge is -2.09. The summed E-state index contributed by atoms with van der Waals surface area (Å²) in [5, 5.41) is -0.282. The van der Waals surface area contributed by atoms with Gasteiger partial charge in [-0.05, 0) is 24.6 Å². The Morgan fingerprint density at radius 3 is 2.44 bits per heavy atom. The normalized spacial score (nSPS) is 12.8. The molecule has 0 spiro atoms. The number of allylic oxidation sites excluding steroid dienone is 3. The molecule has 0 amide bonds. The van der Waals surface area contributed by atoms with E-state index in [-0.39, 0.29) is 5.02 Å². The van der Waals surface area contributed by atoms with Gasteiger partial charge in [0.25, 0.3) is 0 Å². The molecule has 0 nitrogen and oxygen atoms in total. The fourth-order valence-corrected chi connectivity index (χ4v) is 1.37. The minimum absolute atomic E-state index is 0.282. The molecule has 4 heteroatoms. The molecule has 0 bridgehead atoms. The highest BCUT2D eigenvalue weighted by Crippen LogP contribution is 2.35. The Morgan fingerprint density at radius 2 is 1.88 bits per heavy atom. The van der Waals surface area contributed by atoms with E-state index in [1.54, 1.807) is 24.3 Å². The van der Waals surface area contributed by atoms with Crippen molar-refractivity contribution >= 4 is 17.7 Å². The first kappa shape index (κ1) is 12.8. The third kappa shape index (κ3) is 3.42. The third-order valence-corrected chi connectivity index (χ3v) is 2.22. The summed E-state index contributed by atoms with van der Waals surface area (Å²) in [5.74, 6) is 0. The SMILES string of the molecule is CC=CC=Cc1ccc(Cl)c(C(F)(F)F)c1. The van der Waals surface area contributed by atoms with Crippen LogP contribution in [0.4, 0.5) is 13.2 Å². The van der Waals surface area contributed by atoms with Crippen LogP contribution in [0.5, 0.6) is 0 Å². The van der Waals surface area contributed by atoms with Crippen LogP contribution in [0.1, 0.15) is 18.1 Å². The molecule has 0 radical (unpaired) electrons. The number of alkyl halides is 3. The Balaban J connectivity index is 3.08. The molecule has 0 N–H and O–H groups in total. The molecule has 0 saturated carbocycles.